The van der Waals surface area contributed by atoms with Gasteiger partial charge in [-0.25, -0.2) is 0 Å². The molecule has 0 aliphatic rings. The summed E-state index contributed by atoms with van der Waals surface area (Å²) < 4.78 is 0. The van der Waals surface area contributed by atoms with Crippen molar-refractivity contribution in [2.75, 3.05) is 5.32 Å². The largest absolute Gasteiger partial charge is 0.506 e. The van der Waals surface area contributed by atoms with Crippen LogP contribution < -0.4 is 5.32 Å². The first-order chi connectivity index (χ1) is 8.25. The molecule has 2 aromatic rings. The average Bonchev–Trinajstić information content (AvgIpc) is 2.33. The molecular weight excluding hydrogens is 216 g/mol. The quantitative estimate of drug-likeness (QED) is 0.789. The summed E-state index contributed by atoms with van der Waals surface area (Å²) in [6.45, 7) is 0. The molecule has 4 nitrogen and oxygen atoms in total. The number of hydrogen-bond acceptors (Lipinski definition) is 3. The summed E-state index contributed by atoms with van der Waals surface area (Å²) in [5, 5.41) is 12.2. The van der Waals surface area contributed by atoms with Crippen LogP contribution in [0.2, 0.25) is 0 Å². The van der Waals surface area contributed by atoms with Gasteiger partial charge in [0.05, 0.1) is 12.1 Å². The Labute approximate surface area is 98.9 Å². The predicted octanol–water partition coefficient (Wildman–Crippen LogP) is 1.97. The van der Waals surface area contributed by atoms with Gasteiger partial charge in [-0.1, -0.05) is 12.1 Å². The topological polar surface area (TPSA) is 62.2 Å². The van der Waals surface area contributed by atoms with Gasteiger partial charge in [0.15, 0.2) is 0 Å². The lowest BCUT2D eigenvalue weighted by Gasteiger charge is -2.06. The van der Waals surface area contributed by atoms with E-state index in [1.54, 1.807) is 42.7 Å². The van der Waals surface area contributed by atoms with Crippen LogP contribution in [0.5, 0.6) is 5.75 Å². The highest BCUT2D eigenvalue weighted by molar-refractivity contribution is 5.93. The zero-order valence-corrected chi connectivity index (χ0v) is 9.13. The number of carbonyl (C=O) groups excluding carboxylic acids is 1. The number of anilines is 1. The van der Waals surface area contributed by atoms with Crippen molar-refractivity contribution in [3.63, 3.8) is 0 Å². The molecular formula is C13H12N2O2. The van der Waals surface area contributed by atoms with Crippen LogP contribution in [0.3, 0.4) is 0 Å². The van der Waals surface area contributed by atoms with Crippen molar-refractivity contribution in [2.24, 2.45) is 0 Å². The maximum absolute atomic E-state index is 11.7. The first-order valence-corrected chi connectivity index (χ1v) is 5.22. The molecule has 1 aromatic heterocycles. The van der Waals surface area contributed by atoms with Crippen LogP contribution in [0.25, 0.3) is 0 Å². The number of nitrogens with zero attached hydrogens (tertiary/aromatic N) is 1. The van der Waals surface area contributed by atoms with Crippen LogP contribution in [0.15, 0.2) is 48.8 Å². The van der Waals surface area contributed by atoms with Gasteiger partial charge in [0.2, 0.25) is 5.91 Å². The number of carbonyl (C=O) groups is 1. The molecule has 0 atom stereocenters. The molecule has 2 rings (SSSR count). The molecule has 0 radical (unpaired) electrons. The fourth-order valence-corrected chi connectivity index (χ4v) is 1.46. The Balaban J connectivity index is 2.01. The maximum Gasteiger partial charge on any atom is 0.228 e. The Morgan fingerprint density at radius 3 is 2.59 bits per heavy atom. The summed E-state index contributed by atoms with van der Waals surface area (Å²) >= 11 is 0. The number of phenolic OH excluding ortho intramolecular Hbond substituents is 1. The molecule has 0 saturated heterocycles. The smallest absolute Gasteiger partial charge is 0.228 e. The minimum Gasteiger partial charge on any atom is -0.506 e. The van der Waals surface area contributed by atoms with E-state index in [9.17, 15) is 9.90 Å². The Bertz CT molecular complexity index is 512. The first kappa shape index (κ1) is 11.1. The van der Waals surface area contributed by atoms with Gasteiger partial charge in [0.1, 0.15) is 5.75 Å². The van der Waals surface area contributed by atoms with Crippen molar-refractivity contribution in [1.82, 2.24) is 4.98 Å². The van der Waals surface area contributed by atoms with Crippen LogP contribution in [-0.2, 0) is 11.2 Å². The van der Waals surface area contributed by atoms with Gasteiger partial charge in [-0.15, -0.1) is 0 Å². The molecule has 4 heteroatoms. The van der Waals surface area contributed by atoms with Gasteiger partial charge in [0, 0.05) is 12.4 Å². The molecule has 0 spiro atoms. The third kappa shape index (κ3) is 3.04. The summed E-state index contributed by atoms with van der Waals surface area (Å²) in [5.41, 5.74) is 1.31. The van der Waals surface area contributed by atoms with Crippen LogP contribution in [0, 0.1) is 0 Å². The maximum atomic E-state index is 11.7. The number of nitrogens with one attached hydrogen (secondary N) is 1. The van der Waals surface area contributed by atoms with E-state index in [0.717, 1.165) is 5.56 Å². The Kier molecular flexibility index (Phi) is 3.35. The predicted molar refractivity (Wildman–Crippen MR) is 64.7 cm³/mol. The second kappa shape index (κ2) is 5.12. The van der Waals surface area contributed by atoms with Crippen LogP contribution in [-0.4, -0.2) is 16.0 Å². The summed E-state index contributed by atoms with van der Waals surface area (Å²) in [6.07, 6.45) is 3.54. The van der Waals surface area contributed by atoms with Crippen molar-refractivity contribution < 1.29 is 9.90 Å². The molecule has 0 fully saturated rings. The number of rotatable bonds is 3. The van der Waals surface area contributed by atoms with Gasteiger partial charge in [-0.05, 0) is 29.8 Å². The fraction of sp³-hybridized carbons (Fsp3) is 0.0769. The minimum absolute atomic E-state index is 0.0654. The van der Waals surface area contributed by atoms with Gasteiger partial charge in [0.25, 0.3) is 0 Å². The highest BCUT2D eigenvalue weighted by Gasteiger charge is 2.06. The van der Waals surface area contributed by atoms with E-state index in [1.165, 1.54) is 6.07 Å². The normalized spacial score (nSPS) is 9.88. The van der Waals surface area contributed by atoms with Crippen molar-refractivity contribution in [2.45, 2.75) is 6.42 Å². The number of amides is 1. The third-order valence-corrected chi connectivity index (χ3v) is 2.29. The number of pyridine rings is 1. The van der Waals surface area contributed by atoms with Crippen molar-refractivity contribution in [1.29, 1.82) is 0 Å². The summed E-state index contributed by atoms with van der Waals surface area (Å²) in [7, 11) is 0. The lowest BCUT2D eigenvalue weighted by Crippen LogP contribution is -2.14. The molecule has 0 aliphatic carbocycles. The number of phenols is 1. The summed E-state index contributed by atoms with van der Waals surface area (Å²) in [5.74, 6) is -0.103. The molecule has 0 saturated carbocycles. The van der Waals surface area contributed by atoms with Gasteiger partial charge >= 0.3 is 0 Å². The van der Waals surface area contributed by atoms with E-state index < -0.39 is 0 Å². The molecule has 1 amide bonds. The molecule has 17 heavy (non-hydrogen) atoms. The van der Waals surface area contributed by atoms with Crippen LogP contribution in [0.4, 0.5) is 5.69 Å². The third-order valence-electron chi connectivity index (χ3n) is 2.29. The van der Waals surface area contributed by atoms with Gasteiger partial charge in [-0.3, -0.25) is 9.78 Å². The molecule has 0 aliphatic heterocycles. The number of benzene rings is 1. The lowest BCUT2D eigenvalue weighted by molar-refractivity contribution is -0.115. The monoisotopic (exact) mass is 228 g/mol. The number of para-hydroxylation sites is 2. The number of aromatic nitrogens is 1. The Hall–Kier alpha value is -2.36. The highest BCUT2D eigenvalue weighted by atomic mass is 16.3. The van der Waals surface area contributed by atoms with Crippen LogP contribution >= 0.6 is 0 Å². The first-order valence-electron chi connectivity index (χ1n) is 5.22. The second-order valence-corrected chi connectivity index (χ2v) is 3.60. The van der Waals surface area contributed by atoms with E-state index in [0.29, 0.717) is 5.69 Å². The van der Waals surface area contributed by atoms with E-state index in [1.807, 2.05) is 0 Å². The highest BCUT2D eigenvalue weighted by Crippen LogP contribution is 2.21. The molecule has 2 N–H and O–H groups in total. The van der Waals surface area contributed by atoms with Crippen molar-refractivity contribution in [3.8, 4) is 5.75 Å². The molecule has 0 bridgehead atoms. The van der Waals surface area contributed by atoms with Crippen molar-refractivity contribution in [3.05, 3.63) is 54.4 Å². The zero-order chi connectivity index (χ0) is 12.1. The van der Waals surface area contributed by atoms with Gasteiger partial charge in [-0.2, -0.15) is 0 Å². The van der Waals surface area contributed by atoms with E-state index in [2.05, 4.69) is 10.3 Å². The standard InChI is InChI=1S/C13H12N2O2/c16-12-4-2-1-3-11(12)15-13(17)9-10-5-7-14-8-6-10/h1-8,16H,9H2,(H,15,17). The molecule has 86 valence electrons. The molecule has 1 aromatic carbocycles. The zero-order valence-electron chi connectivity index (χ0n) is 9.13. The van der Waals surface area contributed by atoms with Crippen molar-refractivity contribution >= 4 is 11.6 Å². The summed E-state index contributed by atoms with van der Waals surface area (Å²) in [4.78, 5) is 15.6. The Morgan fingerprint density at radius 2 is 1.88 bits per heavy atom. The van der Waals surface area contributed by atoms with E-state index in [4.69, 9.17) is 0 Å². The minimum atomic E-state index is -0.169. The average molecular weight is 228 g/mol. The number of aromatic hydroxyl groups is 1. The molecule has 1 heterocycles. The van der Waals surface area contributed by atoms with Crippen LogP contribution in [0.1, 0.15) is 5.56 Å². The Morgan fingerprint density at radius 1 is 1.18 bits per heavy atom. The second-order valence-electron chi connectivity index (χ2n) is 3.60. The lowest BCUT2D eigenvalue weighted by atomic mass is 10.2. The number of hydrogen-bond donors (Lipinski definition) is 2. The van der Waals surface area contributed by atoms with E-state index in [-0.39, 0.29) is 18.1 Å². The van der Waals surface area contributed by atoms with Gasteiger partial charge < -0.3 is 10.4 Å². The fourth-order valence-electron chi connectivity index (χ4n) is 1.46. The van der Waals surface area contributed by atoms with E-state index >= 15 is 0 Å². The molecule has 0 unspecified atom stereocenters. The summed E-state index contributed by atoms with van der Waals surface area (Å²) in [6, 6.07) is 10.2. The SMILES string of the molecule is O=C(Cc1ccncc1)Nc1ccccc1O.